The fourth-order valence-corrected chi connectivity index (χ4v) is 6.18. The Morgan fingerprint density at radius 2 is 1.84 bits per heavy atom. The van der Waals surface area contributed by atoms with Crippen LogP contribution in [0, 0.1) is 17.0 Å². The predicted molar refractivity (Wildman–Crippen MR) is 128 cm³/mol. The van der Waals surface area contributed by atoms with Gasteiger partial charge in [0, 0.05) is 6.20 Å². The zero-order valence-corrected chi connectivity index (χ0v) is 20.5. The topological polar surface area (TPSA) is 123 Å². The number of fused-ring (bicyclic) bond motifs is 5. The summed E-state index contributed by atoms with van der Waals surface area (Å²) in [7, 11) is 0. The van der Waals surface area contributed by atoms with Gasteiger partial charge in [-0.2, -0.15) is 9.78 Å². The van der Waals surface area contributed by atoms with Crippen molar-refractivity contribution in [2.24, 2.45) is 5.41 Å². The van der Waals surface area contributed by atoms with Gasteiger partial charge in [-0.05, 0) is 60.9 Å². The van der Waals surface area contributed by atoms with Crippen LogP contribution in [0.3, 0.4) is 0 Å². The SMILES string of the molecule is CC(O)C(O)c1ncn(-c2nccc([C@]34CC[C@@H](c5cc(-c6c(F)cccc6F)nnc53)C4(C)C)n2)n1. The van der Waals surface area contributed by atoms with E-state index in [1.54, 1.807) is 12.3 Å². The van der Waals surface area contributed by atoms with Crippen LogP contribution in [0.5, 0.6) is 0 Å². The van der Waals surface area contributed by atoms with Crippen molar-refractivity contribution < 1.29 is 19.0 Å². The largest absolute Gasteiger partial charge is 0.390 e. The number of aromatic nitrogens is 7. The molecule has 9 nitrogen and oxygen atoms in total. The molecule has 3 heterocycles. The van der Waals surface area contributed by atoms with Crippen LogP contribution in [-0.4, -0.2) is 51.2 Å². The molecule has 2 aliphatic carbocycles. The Kier molecular flexibility index (Phi) is 5.22. The Labute approximate surface area is 211 Å². The van der Waals surface area contributed by atoms with Crippen LogP contribution in [0.25, 0.3) is 17.2 Å². The smallest absolute Gasteiger partial charge is 0.252 e. The number of halogens is 2. The van der Waals surface area contributed by atoms with Crippen LogP contribution >= 0.6 is 0 Å². The van der Waals surface area contributed by atoms with E-state index in [-0.39, 0.29) is 34.4 Å². The molecule has 2 unspecified atom stereocenters. The van der Waals surface area contributed by atoms with Crippen molar-refractivity contribution in [2.75, 3.05) is 0 Å². The Morgan fingerprint density at radius 3 is 2.57 bits per heavy atom. The molecule has 1 aromatic carbocycles. The molecule has 2 bridgehead atoms. The standard InChI is InChI=1S/C26H25F2N7O2/c1-13(36)21(37)23-30-12-35(34-23)24-29-10-8-19(31-24)26-9-7-15(25(26,2)3)14-11-18(32-33-22(14)26)20-16(27)5-4-6-17(20)28/h4-6,8,10-13,15,21,36-37H,7,9H2,1-3H3/t13?,15-,21?,26+/m0/s1. The van der Waals surface area contributed by atoms with Gasteiger partial charge in [-0.3, -0.25) is 0 Å². The molecule has 6 rings (SSSR count). The van der Waals surface area contributed by atoms with Crippen molar-refractivity contribution in [3.8, 4) is 17.2 Å². The Hall–Kier alpha value is -3.70. The van der Waals surface area contributed by atoms with Gasteiger partial charge in [0.15, 0.2) is 5.82 Å². The molecule has 0 radical (unpaired) electrons. The molecule has 1 saturated carbocycles. The molecule has 0 aliphatic heterocycles. The van der Waals surface area contributed by atoms with E-state index in [2.05, 4.69) is 39.1 Å². The number of aliphatic hydroxyl groups is 2. The Morgan fingerprint density at radius 1 is 1.08 bits per heavy atom. The molecule has 4 atom stereocenters. The van der Waals surface area contributed by atoms with Crippen LogP contribution in [-0.2, 0) is 5.41 Å². The quantitative estimate of drug-likeness (QED) is 0.423. The Bertz CT molecular complexity index is 1500. The summed E-state index contributed by atoms with van der Waals surface area (Å²) in [4.78, 5) is 13.3. The maximum Gasteiger partial charge on any atom is 0.252 e. The molecule has 4 aromatic rings. The maximum atomic E-state index is 14.5. The first-order valence-electron chi connectivity index (χ1n) is 12.1. The molecule has 2 N–H and O–H groups in total. The average Bonchev–Trinajstić information content (AvgIpc) is 3.52. The van der Waals surface area contributed by atoms with Gasteiger partial charge in [0.1, 0.15) is 24.1 Å². The van der Waals surface area contributed by atoms with E-state index in [1.165, 1.54) is 36.1 Å². The highest BCUT2D eigenvalue weighted by Crippen LogP contribution is 2.69. The molecule has 0 saturated heterocycles. The fraction of sp³-hybridized carbons (Fsp3) is 0.385. The third-order valence-electron chi connectivity index (χ3n) is 8.12. The minimum atomic E-state index is -1.23. The number of aliphatic hydroxyl groups excluding tert-OH is 2. The average molecular weight is 506 g/mol. The van der Waals surface area contributed by atoms with Gasteiger partial charge in [-0.25, -0.2) is 23.7 Å². The lowest BCUT2D eigenvalue weighted by Crippen LogP contribution is -2.38. The third-order valence-corrected chi connectivity index (χ3v) is 8.12. The van der Waals surface area contributed by atoms with Crippen LogP contribution in [0.4, 0.5) is 8.78 Å². The maximum absolute atomic E-state index is 14.5. The van der Waals surface area contributed by atoms with Crippen molar-refractivity contribution in [1.29, 1.82) is 0 Å². The van der Waals surface area contributed by atoms with Crippen LogP contribution in [0.1, 0.15) is 68.4 Å². The summed E-state index contributed by atoms with van der Waals surface area (Å²) < 4.78 is 30.4. The van der Waals surface area contributed by atoms with Gasteiger partial charge < -0.3 is 10.2 Å². The molecular formula is C26H25F2N7O2. The summed E-state index contributed by atoms with van der Waals surface area (Å²) in [6.45, 7) is 5.76. The van der Waals surface area contributed by atoms with E-state index in [0.717, 1.165) is 29.8 Å². The van der Waals surface area contributed by atoms with Crippen molar-refractivity contribution >= 4 is 0 Å². The van der Waals surface area contributed by atoms with Gasteiger partial charge in [0.05, 0.1) is 34.2 Å². The molecule has 11 heteroatoms. The first kappa shape index (κ1) is 23.7. The number of rotatable bonds is 5. The second-order valence-electron chi connectivity index (χ2n) is 10.3. The molecule has 37 heavy (non-hydrogen) atoms. The lowest BCUT2D eigenvalue weighted by atomic mass is 9.66. The van der Waals surface area contributed by atoms with Crippen molar-refractivity contribution in [3.63, 3.8) is 0 Å². The molecule has 1 fully saturated rings. The van der Waals surface area contributed by atoms with Crippen LogP contribution < -0.4 is 0 Å². The van der Waals surface area contributed by atoms with Crippen molar-refractivity contribution in [1.82, 2.24) is 34.9 Å². The van der Waals surface area contributed by atoms with E-state index >= 15 is 0 Å². The van der Waals surface area contributed by atoms with Gasteiger partial charge in [0.25, 0.3) is 5.95 Å². The zero-order valence-electron chi connectivity index (χ0n) is 20.5. The first-order chi connectivity index (χ1) is 17.6. The van der Waals surface area contributed by atoms with E-state index in [4.69, 9.17) is 4.98 Å². The summed E-state index contributed by atoms with van der Waals surface area (Å²) in [6, 6.07) is 7.36. The van der Waals surface area contributed by atoms with E-state index in [1.807, 2.05) is 6.07 Å². The summed E-state index contributed by atoms with van der Waals surface area (Å²) >= 11 is 0. The second kappa shape index (κ2) is 8.15. The summed E-state index contributed by atoms with van der Waals surface area (Å²) in [5.74, 6) is -0.939. The van der Waals surface area contributed by atoms with E-state index < -0.39 is 29.3 Å². The molecule has 2 aliphatic rings. The highest BCUT2D eigenvalue weighted by Gasteiger charge is 2.65. The monoisotopic (exact) mass is 505 g/mol. The number of hydrogen-bond donors (Lipinski definition) is 2. The number of benzene rings is 1. The van der Waals surface area contributed by atoms with Gasteiger partial charge in [-0.15, -0.1) is 10.2 Å². The third kappa shape index (κ3) is 3.27. The summed E-state index contributed by atoms with van der Waals surface area (Å²) in [5, 5.41) is 32.8. The summed E-state index contributed by atoms with van der Waals surface area (Å²) in [5.41, 5.74) is 1.50. The van der Waals surface area contributed by atoms with Crippen LogP contribution in [0.2, 0.25) is 0 Å². The second-order valence-corrected chi connectivity index (χ2v) is 10.3. The van der Waals surface area contributed by atoms with Gasteiger partial charge in [-0.1, -0.05) is 19.9 Å². The molecular weight excluding hydrogens is 480 g/mol. The highest BCUT2D eigenvalue weighted by molar-refractivity contribution is 5.64. The van der Waals surface area contributed by atoms with E-state index in [9.17, 15) is 19.0 Å². The van der Waals surface area contributed by atoms with Gasteiger partial charge >= 0.3 is 0 Å². The fourth-order valence-electron chi connectivity index (χ4n) is 6.18. The van der Waals surface area contributed by atoms with E-state index in [0.29, 0.717) is 0 Å². The Balaban J connectivity index is 1.46. The summed E-state index contributed by atoms with van der Waals surface area (Å²) in [6.07, 6.45) is 2.39. The molecule has 0 spiro atoms. The zero-order chi connectivity index (χ0) is 26.1. The lowest BCUT2D eigenvalue weighted by molar-refractivity contribution is 0.0249. The lowest BCUT2D eigenvalue weighted by Gasteiger charge is -2.37. The van der Waals surface area contributed by atoms with Crippen LogP contribution in [0.15, 0.2) is 42.9 Å². The minimum Gasteiger partial charge on any atom is -0.390 e. The normalized spacial score (nSPS) is 23.2. The van der Waals surface area contributed by atoms with Crippen molar-refractivity contribution in [2.45, 2.75) is 57.2 Å². The van der Waals surface area contributed by atoms with Crippen molar-refractivity contribution in [3.05, 3.63) is 77.3 Å². The minimum absolute atomic E-state index is 0.0633. The number of nitrogens with zero attached hydrogens (tertiary/aromatic N) is 7. The molecule has 190 valence electrons. The number of hydrogen-bond acceptors (Lipinski definition) is 8. The van der Waals surface area contributed by atoms with Gasteiger partial charge in [0.2, 0.25) is 0 Å². The predicted octanol–water partition coefficient (Wildman–Crippen LogP) is 3.41. The first-order valence-corrected chi connectivity index (χ1v) is 12.1. The molecule has 3 aromatic heterocycles. The highest BCUT2D eigenvalue weighted by atomic mass is 19.1. The molecule has 0 amide bonds.